The van der Waals surface area contributed by atoms with Crippen LogP contribution >= 0.6 is 27.3 Å². The van der Waals surface area contributed by atoms with Crippen LogP contribution in [0.3, 0.4) is 0 Å². The van der Waals surface area contributed by atoms with Crippen molar-refractivity contribution in [2.45, 2.75) is 65.5 Å². The molecule has 122 valence electrons. The summed E-state index contributed by atoms with van der Waals surface area (Å²) in [4.78, 5) is 4.09. The van der Waals surface area contributed by atoms with E-state index in [1.54, 1.807) is 0 Å². The molecular weight excluding hydrogens is 344 g/mol. The molecule has 4 heteroatoms. The Morgan fingerprint density at radius 2 is 1.81 bits per heavy atom. The summed E-state index contributed by atoms with van der Waals surface area (Å²) in [5.74, 6) is 0. The van der Waals surface area contributed by atoms with Crippen LogP contribution in [0.1, 0.15) is 64.8 Å². The Bertz CT molecular complexity index is 397. The quantitative estimate of drug-likeness (QED) is 0.585. The first-order chi connectivity index (χ1) is 10.1. The third-order valence-electron chi connectivity index (χ3n) is 4.66. The van der Waals surface area contributed by atoms with Crippen LogP contribution in [0.25, 0.3) is 0 Å². The molecule has 0 spiro atoms. The van der Waals surface area contributed by atoms with E-state index in [4.69, 9.17) is 0 Å². The minimum Gasteiger partial charge on any atom is -0.308 e. The number of thiophene rings is 1. The highest BCUT2D eigenvalue weighted by atomic mass is 79.9. The van der Waals surface area contributed by atoms with Crippen molar-refractivity contribution in [3.8, 4) is 0 Å². The molecule has 1 aromatic heterocycles. The second kappa shape index (κ2) is 9.29. The molecule has 1 atom stereocenters. The van der Waals surface area contributed by atoms with Gasteiger partial charge in [0, 0.05) is 14.9 Å². The Morgan fingerprint density at radius 3 is 2.19 bits per heavy atom. The lowest BCUT2D eigenvalue weighted by atomic mass is 9.81. The number of hydrogen-bond acceptors (Lipinski definition) is 3. The molecule has 1 unspecified atom stereocenters. The normalized spacial score (nSPS) is 13.9. The third kappa shape index (κ3) is 4.10. The van der Waals surface area contributed by atoms with Gasteiger partial charge >= 0.3 is 0 Å². The predicted octanol–water partition coefficient (Wildman–Crippen LogP) is 5.45. The predicted molar refractivity (Wildman–Crippen MR) is 99.3 cm³/mol. The van der Waals surface area contributed by atoms with Crippen molar-refractivity contribution < 1.29 is 0 Å². The average molecular weight is 375 g/mol. The van der Waals surface area contributed by atoms with Gasteiger partial charge in [-0.25, -0.2) is 0 Å². The molecule has 1 N–H and O–H groups in total. The van der Waals surface area contributed by atoms with Crippen molar-refractivity contribution in [2.24, 2.45) is 0 Å². The number of likely N-dealkylation sites (N-methyl/N-ethyl adjacent to an activating group) is 1. The lowest BCUT2D eigenvalue weighted by Gasteiger charge is -2.48. The van der Waals surface area contributed by atoms with Gasteiger partial charge in [0.1, 0.15) is 0 Å². The maximum absolute atomic E-state index is 3.84. The molecule has 0 aliphatic rings. The van der Waals surface area contributed by atoms with Crippen molar-refractivity contribution in [3.05, 3.63) is 20.8 Å². The first kappa shape index (κ1) is 19.1. The summed E-state index contributed by atoms with van der Waals surface area (Å²) in [5, 5.41) is 6.04. The molecule has 1 aromatic rings. The maximum atomic E-state index is 3.84. The van der Waals surface area contributed by atoms with Gasteiger partial charge < -0.3 is 5.32 Å². The van der Waals surface area contributed by atoms with E-state index in [0.717, 1.165) is 32.5 Å². The third-order valence-corrected chi connectivity index (χ3v) is 6.60. The van der Waals surface area contributed by atoms with Gasteiger partial charge in [-0.3, -0.25) is 4.90 Å². The number of halogens is 1. The molecule has 0 aliphatic heterocycles. The second-order valence-corrected chi connectivity index (χ2v) is 7.30. The van der Waals surface area contributed by atoms with E-state index in [2.05, 4.69) is 72.2 Å². The average Bonchev–Trinajstić information content (AvgIpc) is 2.92. The SMILES string of the molecule is CCCNC(c1sccc1Br)C(CC)(CC)N(CC)CC. The van der Waals surface area contributed by atoms with Crippen molar-refractivity contribution >= 4 is 27.3 Å². The molecule has 1 heterocycles. The van der Waals surface area contributed by atoms with Crippen LogP contribution in [-0.2, 0) is 0 Å². The summed E-state index contributed by atoms with van der Waals surface area (Å²) in [7, 11) is 0. The Hall–Kier alpha value is 0.1000. The topological polar surface area (TPSA) is 15.3 Å². The monoisotopic (exact) mass is 374 g/mol. The fourth-order valence-electron chi connectivity index (χ4n) is 3.47. The molecule has 0 amide bonds. The highest BCUT2D eigenvalue weighted by molar-refractivity contribution is 9.10. The van der Waals surface area contributed by atoms with Crippen LogP contribution in [-0.4, -0.2) is 30.1 Å². The second-order valence-electron chi connectivity index (χ2n) is 5.50. The summed E-state index contributed by atoms with van der Waals surface area (Å²) < 4.78 is 1.25. The van der Waals surface area contributed by atoms with Crippen LogP contribution in [0.2, 0.25) is 0 Å². The summed E-state index contributed by atoms with van der Waals surface area (Å²) >= 11 is 5.62. The molecule has 0 saturated heterocycles. The molecule has 21 heavy (non-hydrogen) atoms. The van der Waals surface area contributed by atoms with Crippen LogP contribution in [0, 0.1) is 0 Å². The molecule has 2 nitrogen and oxygen atoms in total. The van der Waals surface area contributed by atoms with E-state index in [1.165, 1.54) is 15.8 Å². The lowest BCUT2D eigenvalue weighted by Crippen LogP contribution is -2.56. The molecule has 0 aliphatic carbocycles. The van der Waals surface area contributed by atoms with Crippen LogP contribution in [0.15, 0.2) is 15.9 Å². The summed E-state index contributed by atoms with van der Waals surface area (Å²) in [5.41, 5.74) is 0.187. The van der Waals surface area contributed by atoms with Gasteiger partial charge in [-0.05, 0) is 66.3 Å². The zero-order chi connectivity index (χ0) is 15.9. The fourth-order valence-corrected chi connectivity index (χ4v) is 5.25. The minimum absolute atomic E-state index is 0.187. The van der Waals surface area contributed by atoms with Gasteiger partial charge in [-0.15, -0.1) is 11.3 Å². The Morgan fingerprint density at radius 1 is 1.19 bits per heavy atom. The van der Waals surface area contributed by atoms with Crippen molar-refractivity contribution in [2.75, 3.05) is 19.6 Å². The molecule has 0 saturated carbocycles. The van der Waals surface area contributed by atoms with Crippen molar-refractivity contribution in [1.82, 2.24) is 10.2 Å². The van der Waals surface area contributed by atoms with Gasteiger partial charge in [0.05, 0.1) is 6.04 Å². The number of rotatable bonds is 10. The van der Waals surface area contributed by atoms with Crippen LogP contribution in [0.5, 0.6) is 0 Å². The minimum atomic E-state index is 0.187. The first-order valence-corrected chi connectivity index (χ1v) is 9.99. The van der Waals surface area contributed by atoms with E-state index in [9.17, 15) is 0 Å². The molecule has 0 aromatic carbocycles. The number of nitrogens with zero attached hydrogens (tertiary/aromatic N) is 1. The van der Waals surface area contributed by atoms with Crippen molar-refractivity contribution in [1.29, 1.82) is 0 Å². The van der Waals surface area contributed by atoms with E-state index < -0.39 is 0 Å². The van der Waals surface area contributed by atoms with Gasteiger partial charge in [-0.1, -0.05) is 34.6 Å². The molecule has 1 rings (SSSR count). The van der Waals surface area contributed by atoms with E-state index in [1.807, 2.05) is 11.3 Å². The molecule has 0 radical (unpaired) electrons. The van der Waals surface area contributed by atoms with Gasteiger partial charge in [0.2, 0.25) is 0 Å². The fraction of sp³-hybridized carbons (Fsp3) is 0.765. The van der Waals surface area contributed by atoms with Crippen LogP contribution < -0.4 is 5.32 Å². The highest BCUT2D eigenvalue weighted by Crippen LogP contribution is 2.42. The Kier molecular flexibility index (Phi) is 8.47. The van der Waals surface area contributed by atoms with Crippen molar-refractivity contribution in [3.63, 3.8) is 0 Å². The zero-order valence-electron chi connectivity index (χ0n) is 14.2. The Labute approximate surface area is 143 Å². The maximum Gasteiger partial charge on any atom is 0.0613 e. The van der Waals surface area contributed by atoms with E-state index in [-0.39, 0.29) is 5.54 Å². The standard InChI is InChI=1S/C17H31BrN2S/c1-6-12-19-16(15-14(18)11-13-21-15)17(7-2,8-3)20(9-4)10-5/h11,13,16,19H,6-10,12H2,1-5H3. The molecule has 0 fully saturated rings. The zero-order valence-corrected chi connectivity index (χ0v) is 16.6. The largest absolute Gasteiger partial charge is 0.308 e. The highest BCUT2D eigenvalue weighted by Gasteiger charge is 2.41. The van der Waals surface area contributed by atoms with E-state index >= 15 is 0 Å². The number of hydrogen-bond donors (Lipinski definition) is 1. The van der Waals surface area contributed by atoms with Gasteiger partial charge in [-0.2, -0.15) is 0 Å². The summed E-state index contributed by atoms with van der Waals surface area (Å²) in [6.45, 7) is 14.8. The number of nitrogens with one attached hydrogen (secondary N) is 1. The van der Waals surface area contributed by atoms with E-state index in [0.29, 0.717) is 6.04 Å². The smallest absolute Gasteiger partial charge is 0.0613 e. The summed E-state index contributed by atoms with van der Waals surface area (Å²) in [6.07, 6.45) is 3.50. The van der Waals surface area contributed by atoms with Crippen LogP contribution in [0.4, 0.5) is 0 Å². The lowest BCUT2D eigenvalue weighted by molar-refractivity contribution is 0.0497. The Balaban J connectivity index is 3.26. The van der Waals surface area contributed by atoms with Gasteiger partial charge in [0.15, 0.2) is 0 Å². The molecule has 0 bridgehead atoms. The summed E-state index contributed by atoms with van der Waals surface area (Å²) in [6, 6.07) is 2.57. The first-order valence-electron chi connectivity index (χ1n) is 8.32. The molecular formula is C17H31BrN2S. The van der Waals surface area contributed by atoms with Gasteiger partial charge in [0.25, 0.3) is 0 Å².